The number of alkyl halides is 3. The number of nitrogens with zero attached hydrogens (tertiary/aromatic N) is 2. The molecule has 41 heavy (non-hydrogen) atoms. The lowest BCUT2D eigenvalue weighted by atomic mass is 10.0. The van der Waals surface area contributed by atoms with Gasteiger partial charge in [0.2, 0.25) is 17.7 Å². The molecule has 1 aliphatic rings. The smallest absolute Gasteiger partial charge is 0.351 e. The first kappa shape index (κ1) is 29.7. The van der Waals surface area contributed by atoms with Crippen molar-refractivity contribution in [2.24, 2.45) is 0 Å². The van der Waals surface area contributed by atoms with E-state index in [1.165, 1.54) is 24.4 Å². The zero-order valence-corrected chi connectivity index (χ0v) is 22.2. The van der Waals surface area contributed by atoms with Crippen LogP contribution in [0.3, 0.4) is 0 Å². The molecule has 3 aromatic rings. The van der Waals surface area contributed by atoms with Gasteiger partial charge in [0, 0.05) is 30.8 Å². The van der Waals surface area contributed by atoms with Crippen LogP contribution in [0.5, 0.6) is 0 Å². The molecule has 1 unspecified atom stereocenters. The Morgan fingerprint density at radius 2 is 1.68 bits per heavy atom. The Kier molecular flexibility index (Phi) is 9.69. The third-order valence-corrected chi connectivity index (χ3v) is 6.84. The Labute approximate surface area is 235 Å². The first-order valence-corrected chi connectivity index (χ1v) is 13.4. The van der Waals surface area contributed by atoms with Crippen LogP contribution in [0, 0.1) is 5.82 Å². The maximum atomic E-state index is 13.8. The van der Waals surface area contributed by atoms with Crippen molar-refractivity contribution in [1.82, 2.24) is 10.3 Å². The zero-order valence-electron chi connectivity index (χ0n) is 22.2. The van der Waals surface area contributed by atoms with Crippen molar-refractivity contribution in [3.63, 3.8) is 0 Å². The largest absolute Gasteiger partial charge is 0.416 e. The molecule has 3 amide bonds. The van der Waals surface area contributed by atoms with Gasteiger partial charge >= 0.3 is 6.18 Å². The first-order chi connectivity index (χ1) is 19.6. The Bertz CT molecular complexity index is 1340. The van der Waals surface area contributed by atoms with Crippen molar-refractivity contribution in [3.8, 4) is 0 Å². The molecule has 0 radical (unpaired) electrons. The lowest BCUT2D eigenvalue weighted by Crippen LogP contribution is -2.46. The minimum atomic E-state index is -4.69. The van der Waals surface area contributed by atoms with Gasteiger partial charge in [-0.1, -0.05) is 37.1 Å². The molecular weight excluding hydrogens is 540 g/mol. The zero-order chi connectivity index (χ0) is 29.4. The van der Waals surface area contributed by atoms with Crippen LogP contribution in [0.1, 0.15) is 62.1 Å². The van der Waals surface area contributed by atoms with Crippen molar-refractivity contribution >= 4 is 29.2 Å². The second-order valence-corrected chi connectivity index (χ2v) is 9.87. The fourth-order valence-corrected chi connectivity index (χ4v) is 4.84. The van der Waals surface area contributed by atoms with Crippen molar-refractivity contribution in [2.45, 2.75) is 63.2 Å². The number of anilines is 2. The van der Waals surface area contributed by atoms with Gasteiger partial charge in [-0.25, -0.2) is 9.37 Å². The van der Waals surface area contributed by atoms with E-state index < -0.39 is 41.3 Å². The number of carbonyl (C=O) groups excluding carboxylic acids is 3. The molecule has 0 saturated heterocycles. The predicted octanol–water partition coefficient (Wildman–Crippen LogP) is 6.18. The van der Waals surface area contributed by atoms with Gasteiger partial charge < -0.3 is 10.6 Å². The molecule has 2 aromatic carbocycles. The van der Waals surface area contributed by atoms with E-state index in [2.05, 4.69) is 15.6 Å². The van der Waals surface area contributed by atoms with E-state index in [0.717, 1.165) is 60.9 Å². The monoisotopic (exact) mass is 570 g/mol. The number of hydrogen-bond donors (Lipinski definition) is 2. The summed E-state index contributed by atoms with van der Waals surface area (Å²) in [6.07, 6.45) is -0.0898. The lowest BCUT2D eigenvalue weighted by Gasteiger charge is -2.33. The second-order valence-electron chi connectivity index (χ2n) is 9.87. The summed E-state index contributed by atoms with van der Waals surface area (Å²) in [7, 11) is 0. The molecule has 216 valence electrons. The number of halogens is 4. The molecular formula is C30H30F4N4O3. The molecule has 1 heterocycles. The number of pyridine rings is 1. The number of nitrogens with one attached hydrogen (secondary N) is 2. The summed E-state index contributed by atoms with van der Waals surface area (Å²) in [5.74, 6) is -1.86. The summed E-state index contributed by atoms with van der Waals surface area (Å²) >= 11 is 0. The van der Waals surface area contributed by atoms with Gasteiger partial charge in [0.15, 0.2) is 0 Å². The van der Waals surface area contributed by atoms with E-state index in [9.17, 15) is 31.9 Å². The Morgan fingerprint density at radius 1 is 0.951 bits per heavy atom. The number of hydrogen-bond acceptors (Lipinski definition) is 4. The highest BCUT2D eigenvalue weighted by Crippen LogP contribution is 2.35. The highest BCUT2D eigenvalue weighted by molar-refractivity contribution is 6.01. The number of benzene rings is 2. The summed E-state index contributed by atoms with van der Waals surface area (Å²) in [6, 6.07) is 12.6. The van der Waals surface area contributed by atoms with Crippen LogP contribution >= 0.6 is 0 Å². The molecule has 1 aromatic heterocycles. The molecule has 11 heteroatoms. The van der Waals surface area contributed by atoms with Crippen molar-refractivity contribution in [2.75, 3.05) is 10.2 Å². The lowest BCUT2D eigenvalue weighted by molar-refractivity contribution is -0.137. The molecule has 7 nitrogen and oxygen atoms in total. The number of aromatic nitrogens is 1. The van der Waals surface area contributed by atoms with E-state index >= 15 is 0 Å². The van der Waals surface area contributed by atoms with E-state index in [1.807, 2.05) is 0 Å². The van der Waals surface area contributed by atoms with E-state index in [4.69, 9.17) is 0 Å². The summed E-state index contributed by atoms with van der Waals surface area (Å²) in [6.45, 7) is 0. The quantitative estimate of drug-likeness (QED) is 0.285. The highest BCUT2D eigenvalue weighted by atomic mass is 19.4. The SMILES string of the molecule is O=C(CCCC(=O)N(c1cccc(C(F)(F)F)c1)C(C(=O)NC1CCCC1)c1ccc(F)cc1)Nc1ccccn1. The van der Waals surface area contributed by atoms with E-state index in [0.29, 0.717) is 5.82 Å². The third kappa shape index (κ3) is 8.12. The molecule has 0 spiro atoms. The number of amides is 3. The van der Waals surface area contributed by atoms with Crippen LogP contribution in [0.25, 0.3) is 0 Å². The minimum Gasteiger partial charge on any atom is -0.351 e. The molecule has 2 N–H and O–H groups in total. The summed E-state index contributed by atoms with van der Waals surface area (Å²) < 4.78 is 54.7. The van der Waals surface area contributed by atoms with Crippen LogP contribution < -0.4 is 15.5 Å². The van der Waals surface area contributed by atoms with Crippen LogP contribution in [-0.2, 0) is 20.6 Å². The van der Waals surface area contributed by atoms with Crippen molar-refractivity contribution in [1.29, 1.82) is 0 Å². The fraction of sp³-hybridized carbons (Fsp3) is 0.333. The molecule has 0 aliphatic heterocycles. The van der Waals surface area contributed by atoms with E-state index in [-0.39, 0.29) is 36.6 Å². The van der Waals surface area contributed by atoms with Crippen molar-refractivity contribution < 1.29 is 31.9 Å². The number of carbonyl (C=O) groups is 3. The molecule has 1 atom stereocenters. The summed E-state index contributed by atoms with van der Waals surface area (Å²) in [5, 5.41) is 5.54. The van der Waals surface area contributed by atoms with Crippen LogP contribution in [0.4, 0.5) is 29.1 Å². The van der Waals surface area contributed by atoms with Gasteiger partial charge in [-0.2, -0.15) is 13.2 Å². The average Bonchev–Trinajstić information content (AvgIpc) is 3.45. The topological polar surface area (TPSA) is 91.4 Å². The van der Waals surface area contributed by atoms with Gasteiger partial charge in [0.25, 0.3) is 0 Å². The van der Waals surface area contributed by atoms with Crippen LogP contribution in [0.15, 0.2) is 72.9 Å². The minimum absolute atomic E-state index is 0.0613. The molecule has 4 rings (SSSR count). The second kappa shape index (κ2) is 13.4. The van der Waals surface area contributed by atoms with Gasteiger partial charge in [-0.3, -0.25) is 19.3 Å². The molecule has 1 aliphatic carbocycles. The van der Waals surface area contributed by atoms with Crippen molar-refractivity contribution in [3.05, 3.63) is 89.9 Å². The van der Waals surface area contributed by atoms with Gasteiger partial charge in [0.1, 0.15) is 17.7 Å². The first-order valence-electron chi connectivity index (χ1n) is 13.4. The van der Waals surface area contributed by atoms with Crippen LogP contribution in [-0.4, -0.2) is 28.7 Å². The highest BCUT2D eigenvalue weighted by Gasteiger charge is 2.36. The average molecular weight is 571 g/mol. The number of rotatable bonds is 10. The van der Waals surface area contributed by atoms with Gasteiger partial charge in [-0.05, 0) is 67.3 Å². The standard InChI is InChI=1S/C30H30F4N4O3/c31-22-16-14-20(15-17-22)28(29(41)36-23-8-1-2-9-23)38(24-10-5-7-21(19-24)30(32,33)34)27(40)13-6-12-26(39)37-25-11-3-4-18-35-25/h3-5,7,10-11,14-19,23,28H,1-2,6,8-9,12-13H2,(H,36,41)(H,35,37,39). The van der Waals surface area contributed by atoms with Gasteiger partial charge in [0.05, 0.1) is 5.56 Å². The molecule has 1 saturated carbocycles. The summed E-state index contributed by atoms with van der Waals surface area (Å²) in [4.78, 5) is 44.8. The summed E-state index contributed by atoms with van der Waals surface area (Å²) in [5.41, 5.74) is -0.893. The Balaban J connectivity index is 1.63. The van der Waals surface area contributed by atoms with E-state index in [1.54, 1.807) is 18.2 Å². The van der Waals surface area contributed by atoms with Gasteiger partial charge in [-0.15, -0.1) is 0 Å². The molecule has 1 fully saturated rings. The Morgan fingerprint density at radius 3 is 2.34 bits per heavy atom. The maximum absolute atomic E-state index is 13.8. The fourth-order valence-electron chi connectivity index (χ4n) is 4.84. The van der Waals surface area contributed by atoms with Crippen LogP contribution in [0.2, 0.25) is 0 Å². The maximum Gasteiger partial charge on any atom is 0.416 e. The molecule has 0 bridgehead atoms. The predicted molar refractivity (Wildman–Crippen MR) is 145 cm³/mol. The third-order valence-electron chi connectivity index (χ3n) is 6.84. The Hall–Kier alpha value is -4.28. The normalized spacial score (nSPS) is 14.3.